The molecule has 14 heavy (non-hydrogen) atoms. The first-order chi connectivity index (χ1) is 6.84. The SMILES string of the molecule is C#CCCCNC(=O)c1cccnc1. The number of aromatic nitrogens is 1. The number of terminal acetylenes is 1. The summed E-state index contributed by atoms with van der Waals surface area (Å²) < 4.78 is 0. The molecule has 1 rings (SSSR count). The number of hydrogen-bond acceptors (Lipinski definition) is 2. The highest BCUT2D eigenvalue weighted by Gasteiger charge is 2.02. The minimum atomic E-state index is -0.102. The molecular formula is C11H12N2O. The van der Waals surface area contributed by atoms with Gasteiger partial charge in [0.1, 0.15) is 0 Å². The summed E-state index contributed by atoms with van der Waals surface area (Å²) in [6.45, 7) is 0.609. The van der Waals surface area contributed by atoms with E-state index >= 15 is 0 Å². The molecule has 0 aliphatic carbocycles. The van der Waals surface area contributed by atoms with Crippen molar-refractivity contribution >= 4 is 5.91 Å². The molecule has 0 saturated carbocycles. The van der Waals surface area contributed by atoms with Gasteiger partial charge in [0, 0.05) is 25.4 Å². The van der Waals surface area contributed by atoms with Gasteiger partial charge in [-0.15, -0.1) is 12.3 Å². The van der Waals surface area contributed by atoms with Crippen LogP contribution in [0.1, 0.15) is 23.2 Å². The lowest BCUT2D eigenvalue weighted by molar-refractivity contribution is 0.0953. The van der Waals surface area contributed by atoms with E-state index in [1.54, 1.807) is 18.3 Å². The van der Waals surface area contributed by atoms with E-state index in [9.17, 15) is 4.79 Å². The van der Waals surface area contributed by atoms with Crippen molar-refractivity contribution in [1.29, 1.82) is 0 Å². The van der Waals surface area contributed by atoms with Gasteiger partial charge >= 0.3 is 0 Å². The summed E-state index contributed by atoms with van der Waals surface area (Å²) >= 11 is 0. The summed E-state index contributed by atoms with van der Waals surface area (Å²) in [5, 5.41) is 2.76. The molecule has 0 aliphatic heterocycles. The Balaban J connectivity index is 2.33. The summed E-state index contributed by atoms with van der Waals surface area (Å²) in [6.07, 6.45) is 9.75. The number of unbranched alkanes of at least 4 members (excludes halogenated alkanes) is 1. The van der Waals surface area contributed by atoms with Crippen molar-refractivity contribution in [3.05, 3.63) is 30.1 Å². The van der Waals surface area contributed by atoms with Crippen LogP contribution in [0.25, 0.3) is 0 Å². The van der Waals surface area contributed by atoms with Gasteiger partial charge in [0.25, 0.3) is 5.91 Å². The zero-order valence-corrected chi connectivity index (χ0v) is 7.86. The van der Waals surface area contributed by atoms with Crippen LogP contribution in [0.5, 0.6) is 0 Å². The minimum absolute atomic E-state index is 0.102. The van der Waals surface area contributed by atoms with Gasteiger partial charge in [-0.25, -0.2) is 0 Å². The highest BCUT2D eigenvalue weighted by atomic mass is 16.1. The van der Waals surface area contributed by atoms with Crippen molar-refractivity contribution in [2.75, 3.05) is 6.54 Å². The van der Waals surface area contributed by atoms with E-state index in [0.717, 1.165) is 6.42 Å². The summed E-state index contributed by atoms with van der Waals surface area (Å²) in [5.74, 6) is 2.42. The molecular weight excluding hydrogens is 176 g/mol. The van der Waals surface area contributed by atoms with Crippen LogP contribution in [0, 0.1) is 12.3 Å². The highest BCUT2D eigenvalue weighted by Crippen LogP contribution is 1.95. The first-order valence-electron chi connectivity index (χ1n) is 4.46. The van der Waals surface area contributed by atoms with Crippen LogP contribution < -0.4 is 5.32 Å². The van der Waals surface area contributed by atoms with E-state index in [4.69, 9.17) is 6.42 Å². The first kappa shape index (κ1) is 10.3. The highest BCUT2D eigenvalue weighted by molar-refractivity contribution is 5.93. The predicted molar refractivity (Wildman–Crippen MR) is 54.6 cm³/mol. The summed E-state index contributed by atoms with van der Waals surface area (Å²) in [7, 11) is 0. The summed E-state index contributed by atoms with van der Waals surface area (Å²) in [6, 6.07) is 3.46. The molecule has 1 aromatic heterocycles. The molecule has 1 N–H and O–H groups in total. The van der Waals surface area contributed by atoms with Gasteiger partial charge in [-0.05, 0) is 18.6 Å². The molecule has 1 heterocycles. The Labute approximate surface area is 83.6 Å². The Kier molecular flexibility index (Phi) is 4.22. The van der Waals surface area contributed by atoms with Crippen molar-refractivity contribution in [1.82, 2.24) is 10.3 Å². The van der Waals surface area contributed by atoms with Crippen molar-refractivity contribution in [3.63, 3.8) is 0 Å². The van der Waals surface area contributed by atoms with Crippen molar-refractivity contribution in [2.45, 2.75) is 12.8 Å². The predicted octanol–water partition coefficient (Wildman–Crippen LogP) is 1.22. The number of hydrogen-bond donors (Lipinski definition) is 1. The number of carbonyl (C=O) groups excluding carboxylic acids is 1. The van der Waals surface area contributed by atoms with Gasteiger partial charge in [0.15, 0.2) is 0 Å². The Morgan fingerprint density at radius 1 is 1.64 bits per heavy atom. The molecule has 0 saturated heterocycles. The normalized spacial score (nSPS) is 9.07. The number of nitrogens with zero attached hydrogens (tertiary/aromatic N) is 1. The third-order valence-corrected chi connectivity index (χ3v) is 1.71. The van der Waals surface area contributed by atoms with Crippen molar-refractivity contribution in [2.24, 2.45) is 0 Å². The molecule has 0 radical (unpaired) electrons. The molecule has 72 valence electrons. The van der Waals surface area contributed by atoms with Gasteiger partial charge in [-0.2, -0.15) is 0 Å². The van der Waals surface area contributed by atoms with Crippen LogP contribution in [-0.2, 0) is 0 Å². The maximum atomic E-state index is 11.4. The van der Waals surface area contributed by atoms with E-state index in [-0.39, 0.29) is 5.91 Å². The molecule has 0 atom stereocenters. The quantitative estimate of drug-likeness (QED) is 0.570. The average molecular weight is 188 g/mol. The number of rotatable bonds is 4. The number of nitrogens with one attached hydrogen (secondary N) is 1. The van der Waals surface area contributed by atoms with Crippen molar-refractivity contribution < 1.29 is 4.79 Å². The molecule has 0 aromatic carbocycles. The van der Waals surface area contributed by atoms with Gasteiger partial charge in [-0.1, -0.05) is 0 Å². The van der Waals surface area contributed by atoms with Gasteiger partial charge in [0.05, 0.1) is 5.56 Å². The maximum absolute atomic E-state index is 11.4. The maximum Gasteiger partial charge on any atom is 0.252 e. The topological polar surface area (TPSA) is 42.0 Å². The molecule has 0 unspecified atom stereocenters. The largest absolute Gasteiger partial charge is 0.352 e. The smallest absolute Gasteiger partial charge is 0.252 e. The van der Waals surface area contributed by atoms with Crippen LogP contribution >= 0.6 is 0 Å². The molecule has 0 bridgehead atoms. The zero-order valence-electron chi connectivity index (χ0n) is 7.86. The van der Waals surface area contributed by atoms with Crippen LogP contribution in [0.3, 0.4) is 0 Å². The second-order valence-electron chi connectivity index (χ2n) is 2.81. The van der Waals surface area contributed by atoms with E-state index < -0.39 is 0 Å². The standard InChI is InChI=1S/C11H12N2O/c1-2-3-4-8-13-11(14)10-6-5-7-12-9-10/h1,5-7,9H,3-4,8H2,(H,13,14). The summed E-state index contributed by atoms with van der Waals surface area (Å²) in [4.78, 5) is 15.3. The number of amides is 1. The number of carbonyl (C=O) groups is 1. The van der Waals surface area contributed by atoms with Crippen LogP contribution in [-0.4, -0.2) is 17.4 Å². The molecule has 3 nitrogen and oxygen atoms in total. The zero-order chi connectivity index (χ0) is 10.2. The third-order valence-electron chi connectivity index (χ3n) is 1.71. The van der Waals surface area contributed by atoms with Crippen LogP contribution in [0.4, 0.5) is 0 Å². The minimum Gasteiger partial charge on any atom is -0.352 e. The van der Waals surface area contributed by atoms with Gasteiger partial charge < -0.3 is 5.32 Å². The van der Waals surface area contributed by atoms with Crippen molar-refractivity contribution in [3.8, 4) is 12.3 Å². The average Bonchev–Trinajstić information content (AvgIpc) is 2.25. The van der Waals surface area contributed by atoms with E-state index in [1.165, 1.54) is 6.20 Å². The third kappa shape index (κ3) is 3.28. The summed E-state index contributed by atoms with van der Waals surface area (Å²) in [5.41, 5.74) is 0.577. The Hall–Kier alpha value is -1.82. The second-order valence-corrected chi connectivity index (χ2v) is 2.81. The Morgan fingerprint density at radius 2 is 2.50 bits per heavy atom. The molecule has 0 aliphatic rings. The lowest BCUT2D eigenvalue weighted by Crippen LogP contribution is -2.24. The van der Waals surface area contributed by atoms with Crippen LogP contribution in [0.2, 0.25) is 0 Å². The molecule has 0 fully saturated rings. The molecule has 1 aromatic rings. The lowest BCUT2D eigenvalue weighted by Gasteiger charge is -2.02. The lowest BCUT2D eigenvalue weighted by atomic mass is 10.2. The van der Waals surface area contributed by atoms with Gasteiger partial charge in [0.2, 0.25) is 0 Å². The molecule has 3 heteroatoms. The fraction of sp³-hybridized carbons (Fsp3) is 0.273. The van der Waals surface area contributed by atoms with Gasteiger partial charge in [-0.3, -0.25) is 9.78 Å². The fourth-order valence-corrected chi connectivity index (χ4v) is 0.992. The number of pyridine rings is 1. The second kappa shape index (κ2) is 5.76. The van der Waals surface area contributed by atoms with Crippen LogP contribution in [0.15, 0.2) is 24.5 Å². The van der Waals surface area contributed by atoms with E-state index in [0.29, 0.717) is 18.5 Å². The van der Waals surface area contributed by atoms with E-state index in [2.05, 4.69) is 16.2 Å². The van der Waals surface area contributed by atoms with E-state index in [1.807, 2.05) is 0 Å². The fourth-order valence-electron chi connectivity index (χ4n) is 0.992. The molecule has 0 spiro atoms. The molecule has 1 amide bonds. The first-order valence-corrected chi connectivity index (χ1v) is 4.46. The monoisotopic (exact) mass is 188 g/mol. The Morgan fingerprint density at radius 3 is 3.14 bits per heavy atom. The Bertz CT molecular complexity index is 327.